The number of pyridine rings is 1. The van der Waals surface area contributed by atoms with Crippen molar-refractivity contribution < 1.29 is 19.1 Å². The van der Waals surface area contributed by atoms with Gasteiger partial charge in [-0.2, -0.15) is 0 Å². The smallest absolute Gasteiger partial charge is 0.329 e. The summed E-state index contributed by atoms with van der Waals surface area (Å²) >= 11 is 0. The summed E-state index contributed by atoms with van der Waals surface area (Å²) in [4.78, 5) is 30.7. The molecule has 0 N–H and O–H groups in total. The Morgan fingerprint density at radius 1 is 1.25 bits per heavy atom. The van der Waals surface area contributed by atoms with Gasteiger partial charge in [-0.05, 0) is 24.6 Å². The maximum absolute atomic E-state index is 12.9. The normalized spacial score (nSPS) is 15.8. The highest BCUT2D eigenvalue weighted by Crippen LogP contribution is 2.33. The van der Waals surface area contributed by atoms with E-state index in [9.17, 15) is 9.59 Å². The van der Waals surface area contributed by atoms with Crippen molar-refractivity contribution in [3.8, 4) is 5.88 Å². The zero-order chi connectivity index (χ0) is 17.1. The minimum atomic E-state index is -0.661. The van der Waals surface area contributed by atoms with Gasteiger partial charge >= 0.3 is 5.97 Å². The van der Waals surface area contributed by atoms with Crippen LogP contribution in [0.15, 0.2) is 42.6 Å². The Balaban J connectivity index is 1.94. The number of fused-ring (bicyclic) bond motifs is 1. The first-order chi connectivity index (χ1) is 11.7. The quantitative estimate of drug-likeness (QED) is 0.806. The number of methoxy groups -OCH3 is 1. The second kappa shape index (κ2) is 6.70. The van der Waals surface area contributed by atoms with E-state index in [-0.39, 0.29) is 5.91 Å². The number of para-hydroxylation sites is 1. The Bertz CT molecular complexity index is 758. The summed E-state index contributed by atoms with van der Waals surface area (Å²) < 4.78 is 10.2. The number of hydrogen-bond acceptors (Lipinski definition) is 5. The molecule has 6 nitrogen and oxygen atoms in total. The number of carbonyl (C=O) groups is 2. The number of esters is 1. The monoisotopic (exact) mass is 326 g/mol. The third kappa shape index (κ3) is 2.82. The van der Waals surface area contributed by atoms with Crippen LogP contribution < -0.4 is 9.64 Å². The van der Waals surface area contributed by atoms with E-state index in [0.717, 1.165) is 11.3 Å². The highest BCUT2D eigenvalue weighted by molar-refractivity contribution is 6.10. The second-order valence-corrected chi connectivity index (χ2v) is 5.37. The van der Waals surface area contributed by atoms with Crippen molar-refractivity contribution in [2.45, 2.75) is 19.4 Å². The summed E-state index contributed by atoms with van der Waals surface area (Å²) in [6.07, 6.45) is 1.90. The first-order valence-electron chi connectivity index (χ1n) is 7.73. The van der Waals surface area contributed by atoms with E-state index in [1.807, 2.05) is 31.2 Å². The molecule has 0 aliphatic carbocycles. The number of ether oxygens (including phenoxy) is 2. The van der Waals surface area contributed by atoms with Crippen molar-refractivity contribution in [1.82, 2.24) is 4.98 Å². The molecule has 2 aromatic rings. The molecule has 0 unspecified atom stereocenters. The molecule has 0 saturated heterocycles. The van der Waals surface area contributed by atoms with Crippen LogP contribution in [0.25, 0.3) is 0 Å². The van der Waals surface area contributed by atoms with Crippen LogP contribution in [-0.4, -0.2) is 36.6 Å². The number of nitrogens with zero attached hydrogens (tertiary/aromatic N) is 2. The summed E-state index contributed by atoms with van der Waals surface area (Å²) in [6, 6.07) is 10.1. The summed E-state index contributed by atoms with van der Waals surface area (Å²) in [5, 5.41) is 0. The highest BCUT2D eigenvalue weighted by Gasteiger charge is 2.39. The minimum Gasteiger partial charge on any atom is -0.478 e. The van der Waals surface area contributed by atoms with Gasteiger partial charge in [0.25, 0.3) is 5.91 Å². The van der Waals surface area contributed by atoms with Crippen molar-refractivity contribution in [1.29, 1.82) is 0 Å². The van der Waals surface area contributed by atoms with E-state index >= 15 is 0 Å². The SMILES string of the molecule is CCOc1ccc(C(=O)N2c3ccccc3C[C@H]2C(=O)OC)cn1. The zero-order valence-corrected chi connectivity index (χ0v) is 13.6. The van der Waals surface area contributed by atoms with E-state index in [0.29, 0.717) is 24.5 Å². The van der Waals surface area contributed by atoms with Crippen molar-refractivity contribution in [3.05, 3.63) is 53.7 Å². The van der Waals surface area contributed by atoms with Crippen LogP contribution >= 0.6 is 0 Å². The maximum atomic E-state index is 12.9. The Hall–Kier alpha value is -2.89. The van der Waals surface area contributed by atoms with Gasteiger partial charge in [-0.1, -0.05) is 18.2 Å². The average Bonchev–Trinajstić information content (AvgIpc) is 3.01. The molecule has 1 aromatic carbocycles. The number of anilines is 1. The molecule has 1 aliphatic heterocycles. The van der Waals surface area contributed by atoms with Crippen LogP contribution in [0.5, 0.6) is 5.88 Å². The minimum absolute atomic E-state index is 0.286. The molecular weight excluding hydrogens is 308 g/mol. The van der Waals surface area contributed by atoms with Gasteiger partial charge in [0.1, 0.15) is 6.04 Å². The number of aromatic nitrogens is 1. The van der Waals surface area contributed by atoms with E-state index in [1.54, 1.807) is 12.1 Å². The van der Waals surface area contributed by atoms with Crippen LogP contribution in [0.4, 0.5) is 5.69 Å². The van der Waals surface area contributed by atoms with Crippen LogP contribution in [-0.2, 0) is 16.0 Å². The predicted octanol–water partition coefficient (Wildman–Crippen LogP) is 2.22. The molecule has 6 heteroatoms. The number of hydrogen-bond donors (Lipinski definition) is 0. The fraction of sp³-hybridized carbons (Fsp3) is 0.278. The van der Waals surface area contributed by atoms with Crippen molar-refractivity contribution in [2.24, 2.45) is 0 Å². The first-order valence-corrected chi connectivity index (χ1v) is 7.73. The molecule has 0 fully saturated rings. The summed E-state index contributed by atoms with van der Waals surface area (Å²) in [7, 11) is 1.33. The van der Waals surface area contributed by atoms with Crippen LogP contribution in [0.1, 0.15) is 22.8 Å². The lowest BCUT2D eigenvalue weighted by molar-refractivity contribution is -0.141. The molecule has 2 heterocycles. The zero-order valence-electron chi connectivity index (χ0n) is 13.6. The fourth-order valence-electron chi connectivity index (χ4n) is 2.84. The van der Waals surface area contributed by atoms with Gasteiger partial charge in [-0.15, -0.1) is 0 Å². The molecule has 1 atom stereocenters. The topological polar surface area (TPSA) is 68.7 Å². The molecular formula is C18H18N2O4. The third-order valence-electron chi connectivity index (χ3n) is 3.94. The second-order valence-electron chi connectivity index (χ2n) is 5.37. The fourth-order valence-corrected chi connectivity index (χ4v) is 2.84. The molecule has 3 rings (SSSR count). The lowest BCUT2D eigenvalue weighted by Gasteiger charge is -2.23. The molecule has 0 bridgehead atoms. The van der Waals surface area contributed by atoms with Gasteiger partial charge in [0.2, 0.25) is 5.88 Å². The number of carbonyl (C=O) groups excluding carboxylic acids is 2. The van der Waals surface area contributed by atoms with Crippen LogP contribution in [0.3, 0.4) is 0 Å². The highest BCUT2D eigenvalue weighted by atomic mass is 16.5. The van der Waals surface area contributed by atoms with E-state index in [1.165, 1.54) is 18.2 Å². The lowest BCUT2D eigenvalue weighted by Crippen LogP contribution is -2.43. The van der Waals surface area contributed by atoms with Gasteiger partial charge in [0, 0.05) is 24.4 Å². The molecule has 0 radical (unpaired) electrons. The van der Waals surface area contributed by atoms with Crippen molar-refractivity contribution >= 4 is 17.6 Å². The Morgan fingerprint density at radius 2 is 2.04 bits per heavy atom. The third-order valence-corrected chi connectivity index (χ3v) is 3.94. The summed E-state index contributed by atoms with van der Waals surface area (Å²) in [6.45, 7) is 2.37. The summed E-state index contributed by atoms with van der Waals surface area (Å²) in [5.74, 6) is -0.260. The standard InChI is InChI=1S/C18H18N2O4/c1-3-24-16-9-8-13(11-19-16)17(21)20-14-7-5-4-6-12(14)10-15(20)18(22)23-2/h4-9,11,15H,3,10H2,1-2H3/t15-/m0/s1. The molecule has 0 spiro atoms. The predicted molar refractivity (Wildman–Crippen MR) is 88.2 cm³/mol. The van der Waals surface area contributed by atoms with Crippen molar-refractivity contribution in [2.75, 3.05) is 18.6 Å². The molecule has 1 aliphatic rings. The van der Waals surface area contributed by atoms with Gasteiger partial charge in [0.05, 0.1) is 19.3 Å². The molecule has 24 heavy (non-hydrogen) atoms. The Morgan fingerprint density at radius 3 is 2.71 bits per heavy atom. The van der Waals surface area contributed by atoms with Gasteiger partial charge < -0.3 is 9.47 Å². The van der Waals surface area contributed by atoms with Crippen molar-refractivity contribution in [3.63, 3.8) is 0 Å². The molecule has 0 saturated carbocycles. The largest absolute Gasteiger partial charge is 0.478 e. The Kier molecular flexibility index (Phi) is 4.46. The van der Waals surface area contributed by atoms with Gasteiger partial charge in [-0.25, -0.2) is 9.78 Å². The number of rotatable bonds is 4. The van der Waals surface area contributed by atoms with Gasteiger partial charge in [-0.3, -0.25) is 9.69 Å². The van der Waals surface area contributed by atoms with E-state index in [4.69, 9.17) is 9.47 Å². The summed E-state index contributed by atoms with van der Waals surface area (Å²) in [5.41, 5.74) is 2.07. The number of amides is 1. The average molecular weight is 326 g/mol. The molecule has 1 aromatic heterocycles. The maximum Gasteiger partial charge on any atom is 0.329 e. The Labute approximate surface area is 140 Å². The first kappa shape index (κ1) is 16.0. The van der Waals surface area contributed by atoms with Crippen LogP contribution in [0.2, 0.25) is 0 Å². The molecule has 124 valence electrons. The van der Waals surface area contributed by atoms with Gasteiger partial charge in [0.15, 0.2) is 0 Å². The van der Waals surface area contributed by atoms with E-state index < -0.39 is 12.0 Å². The van der Waals surface area contributed by atoms with Crippen LogP contribution in [0, 0.1) is 0 Å². The lowest BCUT2D eigenvalue weighted by atomic mass is 10.1. The molecule has 1 amide bonds. The number of benzene rings is 1. The van der Waals surface area contributed by atoms with E-state index in [2.05, 4.69) is 4.98 Å².